The summed E-state index contributed by atoms with van der Waals surface area (Å²) < 4.78 is 16.3. The molecule has 1 saturated heterocycles. The summed E-state index contributed by atoms with van der Waals surface area (Å²) in [4.78, 5) is 20.9. The zero-order valence-corrected chi connectivity index (χ0v) is 16.9. The van der Waals surface area contributed by atoms with Crippen LogP contribution in [0, 0.1) is 6.92 Å². The Labute approximate surface area is 165 Å². The molecule has 1 unspecified atom stereocenters. The van der Waals surface area contributed by atoms with Gasteiger partial charge in [0.25, 0.3) is 0 Å². The van der Waals surface area contributed by atoms with Crippen molar-refractivity contribution in [2.45, 2.75) is 46.1 Å². The van der Waals surface area contributed by atoms with Crippen molar-refractivity contribution in [2.75, 3.05) is 26.7 Å². The minimum atomic E-state index is -0.133. The molecular formula is C20H28N4O4. The molecule has 0 aliphatic carbocycles. The lowest BCUT2D eigenvalue weighted by molar-refractivity contribution is -0.133. The van der Waals surface area contributed by atoms with Crippen LogP contribution >= 0.6 is 0 Å². The first-order valence-electron chi connectivity index (χ1n) is 9.50. The lowest BCUT2D eigenvalue weighted by Crippen LogP contribution is -2.42. The van der Waals surface area contributed by atoms with Gasteiger partial charge in [0.1, 0.15) is 12.4 Å². The second kappa shape index (κ2) is 9.16. The summed E-state index contributed by atoms with van der Waals surface area (Å²) in [6.07, 6.45) is -0.133. The number of carbonyl (C=O) groups is 1. The molecule has 1 atom stereocenters. The number of hydrogen-bond acceptors (Lipinski definition) is 7. The van der Waals surface area contributed by atoms with Crippen molar-refractivity contribution < 1.29 is 18.8 Å². The molecule has 28 heavy (non-hydrogen) atoms. The van der Waals surface area contributed by atoms with Crippen molar-refractivity contribution in [1.29, 1.82) is 0 Å². The zero-order chi connectivity index (χ0) is 20.1. The molecule has 1 fully saturated rings. The van der Waals surface area contributed by atoms with Crippen molar-refractivity contribution in [3.05, 3.63) is 41.5 Å². The van der Waals surface area contributed by atoms with E-state index >= 15 is 0 Å². The third kappa shape index (κ3) is 5.30. The molecule has 1 aromatic heterocycles. The summed E-state index contributed by atoms with van der Waals surface area (Å²) in [6.45, 7) is 8.29. The van der Waals surface area contributed by atoms with Crippen LogP contribution in [-0.4, -0.2) is 64.7 Å². The number of carbonyl (C=O) groups excluding carboxylic acids is 1. The SMILES string of the molecule is COc1ccc(CN2CC(=O)N(C(C)C)CC(OCc3noc(C)n3)C2)cc1. The van der Waals surface area contributed by atoms with E-state index in [-0.39, 0.29) is 24.7 Å². The topological polar surface area (TPSA) is 80.9 Å². The van der Waals surface area contributed by atoms with E-state index in [2.05, 4.69) is 15.0 Å². The summed E-state index contributed by atoms with van der Waals surface area (Å²) >= 11 is 0. The van der Waals surface area contributed by atoms with Gasteiger partial charge in [0.15, 0.2) is 5.82 Å². The maximum Gasteiger partial charge on any atom is 0.237 e. The Hall–Kier alpha value is -2.45. The van der Waals surface area contributed by atoms with Crippen LogP contribution in [0.3, 0.4) is 0 Å². The molecule has 0 bridgehead atoms. The van der Waals surface area contributed by atoms with Gasteiger partial charge in [-0.2, -0.15) is 4.98 Å². The number of methoxy groups -OCH3 is 1. The summed E-state index contributed by atoms with van der Waals surface area (Å²) in [5.74, 6) is 1.97. The van der Waals surface area contributed by atoms with Crippen molar-refractivity contribution >= 4 is 5.91 Å². The average molecular weight is 388 g/mol. The van der Waals surface area contributed by atoms with E-state index in [4.69, 9.17) is 14.0 Å². The highest BCUT2D eigenvalue weighted by Crippen LogP contribution is 2.17. The molecule has 0 spiro atoms. The quantitative estimate of drug-likeness (QED) is 0.718. The van der Waals surface area contributed by atoms with Gasteiger partial charge in [-0.15, -0.1) is 0 Å². The molecule has 1 amide bonds. The predicted molar refractivity (Wildman–Crippen MR) is 103 cm³/mol. The number of hydrogen-bond donors (Lipinski definition) is 0. The molecule has 0 saturated carbocycles. The Bertz CT molecular complexity index is 775. The zero-order valence-electron chi connectivity index (χ0n) is 16.9. The highest BCUT2D eigenvalue weighted by Gasteiger charge is 2.30. The first kappa shape index (κ1) is 20.3. The predicted octanol–water partition coefficient (Wildman–Crippen LogP) is 2.02. The monoisotopic (exact) mass is 388 g/mol. The van der Waals surface area contributed by atoms with E-state index in [0.29, 0.717) is 37.9 Å². The van der Waals surface area contributed by atoms with E-state index in [1.54, 1.807) is 14.0 Å². The van der Waals surface area contributed by atoms with Crippen molar-refractivity contribution in [2.24, 2.45) is 0 Å². The van der Waals surface area contributed by atoms with Crippen molar-refractivity contribution in [1.82, 2.24) is 19.9 Å². The standard InChI is InChI=1S/C20H28N4O4/c1-14(2)24-11-18(27-13-19-21-15(3)28-22-19)10-23(12-20(24)25)9-16-5-7-17(26-4)8-6-16/h5-8,14,18H,9-13H2,1-4H3. The number of aromatic nitrogens is 2. The highest BCUT2D eigenvalue weighted by atomic mass is 16.5. The second-order valence-corrected chi connectivity index (χ2v) is 7.32. The summed E-state index contributed by atoms with van der Waals surface area (Å²) in [6, 6.07) is 8.02. The van der Waals surface area contributed by atoms with Crippen LogP contribution in [0.2, 0.25) is 0 Å². The third-order valence-electron chi connectivity index (χ3n) is 4.75. The van der Waals surface area contributed by atoms with E-state index in [1.165, 1.54) is 0 Å². The van der Waals surface area contributed by atoms with Crippen molar-refractivity contribution in [3.63, 3.8) is 0 Å². The van der Waals surface area contributed by atoms with Crippen LogP contribution < -0.4 is 4.74 Å². The minimum absolute atomic E-state index is 0.116. The Morgan fingerprint density at radius 3 is 2.61 bits per heavy atom. The molecule has 1 aliphatic heterocycles. The van der Waals surface area contributed by atoms with Gasteiger partial charge in [0.2, 0.25) is 11.8 Å². The maximum absolute atomic E-state index is 12.7. The number of nitrogens with zero attached hydrogens (tertiary/aromatic N) is 4. The van der Waals surface area contributed by atoms with E-state index in [9.17, 15) is 4.79 Å². The van der Waals surface area contributed by atoms with Gasteiger partial charge in [-0.1, -0.05) is 17.3 Å². The number of ether oxygens (including phenoxy) is 2. The van der Waals surface area contributed by atoms with Crippen LogP contribution in [0.5, 0.6) is 5.75 Å². The summed E-state index contributed by atoms with van der Waals surface area (Å²) in [5, 5.41) is 3.88. The molecular weight excluding hydrogens is 360 g/mol. The Morgan fingerprint density at radius 2 is 2.00 bits per heavy atom. The van der Waals surface area contributed by atoms with Gasteiger partial charge < -0.3 is 18.9 Å². The summed E-state index contributed by atoms with van der Waals surface area (Å²) in [5.41, 5.74) is 1.12. The first-order valence-corrected chi connectivity index (χ1v) is 9.50. The molecule has 8 nitrogen and oxygen atoms in total. The number of amides is 1. The fourth-order valence-electron chi connectivity index (χ4n) is 3.32. The van der Waals surface area contributed by atoms with Gasteiger partial charge in [0, 0.05) is 32.6 Å². The molecule has 1 aromatic carbocycles. The minimum Gasteiger partial charge on any atom is -0.497 e. The molecule has 8 heteroatoms. The number of rotatable bonds is 7. The van der Waals surface area contributed by atoms with Gasteiger partial charge >= 0.3 is 0 Å². The Kier molecular flexibility index (Phi) is 6.64. The average Bonchev–Trinajstić information content (AvgIpc) is 3.01. The van der Waals surface area contributed by atoms with Crippen LogP contribution in [0.15, 0.2) is 28.8 Å². The van der Waals surface area contributed by atoms with E-state index in [0.717, 1.165) is 11.3 Å². The summed E-state index contributed by atoms with van der Waals surface area (Å²) in [7, 11) is 1.65. The van der Waals surface area contributed by atoms with Crippen LogP contribution in [0.25, 0.3) is 0 Å². The van der Waals surface area contributed by atoms with E-state index in [1.807, 2.05) is 43.0 Å². The lowest BCUT2D eigenvalue weighted by atomic mass is 10.2. The third-order valence-corrected chi connectivity index (χ3v) is 4.75. The van der Waals surface area contributed by atoms with Crippen LogP contribution in [0.4, 0.5) is 0 Å². The Balaban J connectivity index is 1.69. The first-order chi connectivity index (χ1) is 13.4. The maximum atomic E-state index is 12.7. The molecule has 3 rings (SSSR count). The van der Waals surface area contributed by atoms with Crippen molar-refractivity contribution in [3.8, 4) is 5.75 Å². The fourth-order valence-corrected chi connectivity index (χ4v) is 3.32. The molecule has 0 N–H and O–H groups in total. The molecule has 1 aliphatic rings. The Morgan fingerprint density at radius 1 is 1.25 bits per heavy atom. The number of aryl methyl sites for hydroxylation is 1. The highest BCUT2D eigenvalue weighted by molar-refractivity contribution is 5.79. The van der Waals surface area contributed by atoms with Gasteiger partial charge in [0.05, 0.1) is 19.8 Å². The van der Waals surface area contributed by atoms with Gasteiger partial charge in [-0.3, -0.25) is 9.69 Å². The van der Waals surface area contributed by atoms with Crippen LogP contribution in [-0.2, 0) is 22.7 Å². The fraction of sp³-hybridized carbons (Fsp3) is 0.550. The smallest absolute Gasteiger partial charge is 0.237 e. The lowest BCUT2D eigenvalue weighted by Gasteiger charge is -2.27. The second-order valence-electron chi connectivity index (χ2n) is 7.32. The molecule has 2 aromatic rings. The van der Waals surface area contributed by atoms with E-state index < -0.39 is 0 Å². The van der Waals surface area contributed by atoms with Gasteiger partial charge in [-0.05, 0) is 31.5 Å². The molecule has 152 valence electrons. The largest absolute Gasteiger partial charge is 0.497 e. The molecule has 2 heterocycles. The normalized spacial score (nSPS) is 18.5. The van der Waals surface area contributed by atoms with Gasteiger partial charge in [-0.25, -0.2) is 0 Å². The number of benzene rings is 1. The molecule has 0 radical (unpaired) electrons. The van der Waals surface area contributed by atoms with Crippen LogP contribution in [0.1, 0.15) is 31.1 Å².